The molecule has 13 nitrogen and oxygen atoms in total. The number of methoxy groups -OCH3 is 2. The summed E-state index contributed by atoms with van der Waals surface area (Å²) in [4.78, 5) is 12.3. The molecule has 45 heavy (non-hydrogen) atoms. The number of rotatable bonds is 26. The Hall–Kier alpha value is -3.11. The van der Waals surface area contributed by atoms with E-state index in [0.717, 1.165) is 11.1 Å². The van der Waals surface area contributed by atoms with Gasteiger partial charge in [0.15, 0.2) is 17.8 Å². The molecule has 4 N–H and O–H groups in total. The van der Waals surface area contributed by atoms with Crippen molar-refractivity contribution in [2.75, 3.05) is 100 Å². The number of hydrogen-bond donors (Lipinski definition) is 4. The first kappa shape index (κ1) is 38.1. The van der Waals surface area contributed by atoms with E-state index in [9.17, 15) is 20.1 Å². The summed E-state index contributed by atoms with van der Waals surface area (Å²) in [5.74, 6) is 0.592. The second kappa shape index (κ2) is 24.2. The highest BCUT2D eigenvalue weighted by Crippen LogP contribution is 2.29. The van der Waals surface area contributed by atoms with Gasteiger partial charge in [-0.05, 0) is 35.4 Å². The molecule has 0 bridgehead atoms. The number of ether oxygens (including phenoxy) is 8. The smallest absolute Gasteiger partial charge is 0.251 e. The topological polar surface area (TPSA) is 164 Å². The lowest BCUT2D eigenvalue weighted by Gasteiger charge is -2.17. The van der Waals surface area contributed by atoms with Gasteiger partial charge < -0.3 is 58.5 Å². The second-order valence-corrected chi connectivity index (χ2v) is 9.47. The Kier molecular flexibility index (Phi) is 20.4. The lowest BCUT2D eigenvalue weighted by molar-refractivity contribution is -0.0755. The Morgan fingerprint density at radius 1 is 0.667 bits per heavy atom. The summed E-state index contributed by atoms with van der Waals surface area (Å²) in [5, 5.41) is 30.0. The maximum Gasteiger partial charge on any atom is 0.251 e. The largest absolute Gasteiger partial charge is 0.487 e. The molecule has 2 aromatic carbocycles. The van der Waals surface area contributed by atoms with Gasteiger partial charge in [-0.15, -0.1) is 0 Å². The Morgan fingerprint density at radius 2 is 1.13 bits per heavy atom. The molecule has 13 heteroatoms. The van der Waals surface area contributed by atoms with Crippen LogP contribution in [0.5, 0.6) is 11.5 Å². The van der Waals surface area contributed by atoms with Gasteiger partial charge in [0.2, 0.25) is 0 Å². The highest BCUT2D eigenvalue weighted by atomic mass is 16.6. The van der Waals surface area contributed by atoms with Crippen LogP contribution < -0.4 is 14.8 Å². The van der Waals surface area contributed by atoms with Gasteiger partial charge in [0.05, 0.1) is 72.7 Å². The molecule has 1 unspecified atom stereocenters. The lowest BCUT2D eigenvalue weighted by atomic mass is 10.1. The molecular weight excluding hydrogens is 590 g/mol. The molecule has 0 radical (unpaired) electrons. The number of amides is 1. The third-order valence-corrected chi connectivity index (χ3v) is 6.06. The molecule has 0 spiro atoms. The summed E-state index contributed by atoms with van der Waals surface area (Å²) in [6.45, 7) is 4.75. The third-order valence-electron chi connectivity index (χ3n) is 6.06. The Morgan fingerprint density at radius 3 is 1.64 bits per heavy atom. The van der Waals surface area contributed by atoms with E-state index in [4.69, 9.17) is 37.9 Å². The van der Waals surface area contributed by atoms with Crippen LogP contribution in [-0.4, -0.2) is 134 Å². The van der Waals surface area contributed by atoms with Gasteiger partial charge in [0.25, 0.3) is 5.91 Å². The van der Waals surface area contributed by atoms with Crippen LogP contribution in [0.1, 0.15) is 21.5 Å². The van der Waals surface area contributed by atoms with Gasteiger partial charge in [-0.25, -0.2) is 0 Å². The first-order chi connectivity index (χ1) is 22.0. The lowest BCUT2D eigenvalue weighted by Crippen LogP contribution is -2.45. The fourth-order valence-electron chi connectivity index (χ4n) is 3.61. The molecule has 2 aromatic rings. The van der Waals surface area contributed by atoms with Crippen molar-refractivity contribution in [2.24, 2.45) is 0 Å². The summed E-state index contributed by atoms with van der Waals surface area (Å²) in [6.07, 6.45) is 1.91. The van der Waals surface area contributed by atoms with Crippen LogP contribution in [0.3, 0.4) is 0 Å². The molecule has 0 aromatic heterocycles. The molecule has 0 aliphatic heterocycles. The summed E-state index contributed by atoms with van der Waals surface area (Å²) < 4.78 is 43.7. The van der Waals surface area contributed by atoms with Crippen LogP contribution in [0, 0.1) is 0 Å². The van der Waals surface area contributed by atoms with Crippen LogP contribution in [0.4, 0.5) is 0 Å². The van der Waals surface area contributed by atoms with E-state index in [-0.39, 0.29) is 0 Å². The van der Waals surface area contributed by atoms with Crippen molar-refractivity contribution in [1.82, 2.24) is 5.32 Å². The molecule has 0 aliphatic rings. The summed E-state index contributed by atoms with van der Waals surface area (Å²) in [7, 11) is 3.25. The fraction of sp³-hybridized carbons (Fsp3) is 0.531. The average molecular weight is 638 g/mol. The quantitative estimate of drug-likeness (QED) is 0.0667. The van der Waals surface area contributed by atoms with Crippen molar-refractivity contribution in [3.63, 3.8) is 0 Å². The minimum Gasteiger partial charge on any atom is -0.487 e. The number of nitrogens with one attached hydrogen (secondary N) is 1. The van der Waals surface area contributed by atoms with Crippen molar-refractivity contribution >= 4 is 18.1 Å². The molecule has 0 heterocycles. The maximum atomic E-state index is 12.3. The minimum absolute atomic E-state index is 0.310. The molecular formula is C32H47NO12. The van der Waals surface area contributed by atoms with Crippen molar-refractivity contribution in [2.45, 2.75) is 12.3 Å². The van der Waals surface area contributed by atoms with E-state index in [1.54, 1.807) is 38.5 Å². The van der Waals surface area contributed by atoms with Crippen molar-refractivity contribution in [3.05, 3.63) is 59.2 Å². The van der Waals surface area contributed by atoms with E-state index < -0.39 is 24.8 Å². The standard InChI is InChI=1S/C32H47NO12/c1-38-11-13-40-15-17-42-19-21-44-29-10-7-26(23-30(29)45-22-20-43-18-16-41-14-12-39-2)4-3-25-5-8-27(9-6-25)31(35)33-28(24-34)32(36)37/h3-10,23,28,32,34,36-37H,11-22,24H2,1-2H3,(H,33,35). The summed E-state index contributed by atoms with van der Waals surface area (Å²) in [6, 6.07) is 11.1. The summed E-state index contributed by atoms with van der Waals surface area (Å²) >= 11 is 0. The van der Waals surface area contributed by atoms with Crippen LogP contribution in [-0.2, 0) is 28.4 Å². The van der Waals surface area contributed by atoms with Gasteiger partial charge in [-0.1, -0.05) is 30.4 Å². The van der Waals surface area contributed by atoms with E-state index >= 15 is 0 Å². The van der Waals surface area contributed by atoms with Crippen molar-refractivity contribution in [3.8, 4) is 11.5 Å². The summed E-state index contributed by atoms with van der Waals surface area (Å²) in [5.41, 5.74) is 2.01. The zero-order chi connectivity index (χ0) is 32.5. The average Bonchev–Trinajstić information content (AvgIpc) is 3.05. The highest BCUT2D eigenvalue weighted by molar-refractivity contribution is 5.94. The molecule has 0 fully saturated rings. The zero-order valence-electron chi connectivity index (χ0n) is 26.1. The minimum atomic E-state index is -1.87. The normalized spacial score (nSPS) is 12.1. The van der Waals surface area contributed by atoms with E-state index in [2.05, 4.69) is 5.32 Å². The number of carbonyl (C=O) groups is 1. The second-order valence-electron chi connectivity index (χ2n) is 9.47. The molecule has 2 rings (SSSR count). The maximum absolute atomic E-state index is 12.3. The van der Waals surface area contributed by atoms with Gasteiger partial charge in [-0.3, -0.25) is 4.79 Å². The van der Waals surface area contributed by atoms with Gasteiger partial charge in [0, 0.05) is 19.8 Å². The molecule has 252 valence electrons. The Labute approximate surface area is 264 Å². The molecule has 0 aliphatic carbocycles. The van der Waals surface area contributed by atoms with E-state index in [0.29, 0.717) is 96.3 Å². The van der Waals surface area contributed by atoms with Gasteiger partial charge >= 0.3 is 0 Å². The predicted octanol–water partition coefficient (Wildman–Crippen LogP) is 1.38. The predicted molar refractivity (Wildman–Crippen MR) is 166 cm³/mol. The zero-order valence-corrected chi connectivity index (χ0v) is 26.1. The monoisotopic (exact) mass is 637 g/mol. The number of aliphatic hydroxyl groups is 3. The van der Waals surface area contributed by atoms with E-state index in [1.807, 2.05) is 30.4 Å². The van der Waals surface area contributed by atoms with Crippen LogP contribution >= 0.6 is 0 Å². The van der Waals surface area contributed by atoms with Gasteiger partial charge in [-0.2, -0.15) is 0 Å². The first-order valence-corrected chi connectivity index (χ1v) is 14.7. The highest BCUT2D eigenvalue weighted by Gasteiger charge is 2.18. The fourth-order valence-corrected chi connectivity index (χ4v) is 3.61. The van der Waals surface area contributed by atoms with Crippen molar-refractivity contribution < 1.29 is 58.0 Å². The van der Waals surface area contributed by atoms with Crippen LogP contribution in [0.25, 0.3) is 12.2 Å². The Balaban J connectivity index is 1.94. The Bertz CT molecular complexity index is 1080. The third kappa shape index (κ3) is 16.7. The number of benzene rings is 2. The van der Waals surface area contributed by atoms with Crippen LogP contribution in [0.2, 0.25) is 0 Å². The van der Waals surface area contributed by atoms with Crippen molar-refractivity contribution in [1.29, 1.82) is 0 Å². The number of aliphatic hydroxyl groups excluding tert-OH is 2. The molecule has 1 amide bonds. The van der Waals surface area contributed by atoms with Crippen LogP contribution in [0.15, 0.2) is 42.5 Å². The number of carbonyl (C=O) groups excluding carboxylic acids is 1. The molecule has 0 saturated carbocycles. The SMILES string of the molecule is COCCOCCOCCOc1ccc(C=Cc2ccc(C(=O)NC(CO)C(O)O)cc2)cc1OCCOCCOCCOC. The first-order valence-electron chi connectivity index (χ1n) is 14.7. The molecule has 1 atom stereocenters. The molecule has 0 saturated heterocycles. The van der Waals surface area contributed by atoms with E-state index in [1.165, 1.54) is 0 Å². The number of hydrogen-bond acceptors (Lipinski definition) is 12. The van der Waals surface area contributed by atoms with Gasteiger partial charge in [0.1, 0.15) is 19.3 Å².